The van der Waals surface area contributed by atoms with Crippen LogP contribution in [-0.2, 0) is 0 Å². The van der Waals surface area contributed by atoms with Crippen LogP contribution in [0, 0.1) is 0 Å². The summed E-state index contributed by atoms with van der Waals surface area (Å²) >= 11 is 5.68. The number of hydrogen-bond donors (Lipinski definition) is 1. The lowest BCUT2D eigenvalue weighted by Crippen LogP contribution is -2.26. The molecule has 1 aliphatic heterocycles. The SMILES string of the molecule is N[C@H]1CCN(c2ccnc(Cl)n2)C1. The van der Waals surface area contributed by atoms with Crippen LogP contribution >= 0.6 is 11.6 Å². The van der Waals surface area contributed by atoms with Crippen molar-refractivity contribution in [3.8, 4) is 0 Å². The van der Waals surface area contributed by atoms with Gasteiger partial charge in [0, 0.05) is 25.3 Å². The monoisotopic (exact) mass is 198 g/mol. The summed E-state index contributed by atoms with van der Waals surface area (Å²) in [5.74, 6) is 0.868. The van der Waals surface area contributed by atoms with Gasteiger partial charge in [-0.1, -0.05) is 0 Å². The second kappa shape index (κ2) is 3.47. The lowest BCUT2D eigenvalue weighted by Gasteiger charge is -2.15. The predicted molar refractivity (Wildman–Crippen MR) is 51.8 cm³/mol. The number of nitrogens with two attached hydrogens (primary N) is 1. The highest BCUT2D eigenvalue weighted by Crippen LogP contribution is 2.17. The molecule has 0 aromatic carbocycles. The first-order valence-electron chi connectivity index (χ1n) is 4.25. The molecule has 0 radical (unpaired) electrons. The second-order valence-electron chi connectivity index (χ2n) is 3.18. The van der Waals surface area contributed by atoms with Gasteiger partial charge < -0.3 is 10.6 Å². The van der Waals surface area contributed by atoms with Gasteiger partial charge >= 0.3 is 0 Å². The van der Waals surface area contributed by atoms with Crippen molar-refractivity contribution in [3.05, 3.63) is 17.5 Å². The van der Waals surface area contributed by atoms with E-state index in [9.17, 15) is 0 Å². The minimum Gasteiger partial charge on any atom is -0.355 e. The Labute approximate surface area is 81.7 Å². The van der Waals surface area contributed by atoms with Crippen molar-refractivity contribution in [2.45, 2.75) is 12.5 Å². The third-order valence-corrected chi connectivity index (χ3v) is 2.34. The van der Waals surface area contributed by atoms with Crippen LogP contribution in [0.2, 0.25) is 5.28 Å². The molecule has 5 heteroatoms. The summed E-state index contributed by atoms with van der Waals surface area (Å²) in [7, 11) is 0. The quantitative estimate of drug-likeness (QED) is 0.674. The lowest BCUT2D eigenvalue weighted by molar-refractivity contribution is 0.751. The lowest BCUT2D eigenvalue weighted by atomic mass is 10.3. The van der Waals surface area contributed by atoms with Crippen LogP contribution in [0.25, 0.3) is 0 Å². The minimum atomic E-state index is 0.258. The fourth-order valence-corrected chi connectivity index (χ4v) is 1.64. The summed E-state index contributed by atoms with van der Waals surface area (Å²) in [5.41, 5.74) is 5.78. The molecule has 1 atom stereocenters. The molecule has 70 valence electrons. The van der Waals surface area contributed by atoms with Crippen LogP contribution < -0.4 is 10.6 Å². The number of halogens is 1. The molecule has 2 N–H and O–H groups in total. The maximum Gasteiger partial charge on any atom is 0.224 e. The topological polar surface area (TPSA) is 55.0 Å². The maximum absolute atomic E-state index is 5.78. The van der Waals surface area contributed by atoms with Crippen molar-refractivity contribution in [3.63, 3.8) is 0 Å². The Kier molecular flexibility index (Phi) is 2.33. The first kappa shape index (κ1) is 8.72. The molecule has 0 aliphatic carbocycles. The molecule has 2 heterocycles. The molecule has 0 unspecified atom stereocenters. The highest BCUT2D eigenvalue weighted by Gasteiger charge is 2.20. The Balaban J connectivity index is 2.16. The van der Waals surface area contributed by atoms with Gasteiger partial charge in [-0.05, 0) is 24.1 Å². The zero-order chi connectivity index (χ0) is 9.26. The van der Waals surface area contributed by atoms with E-state index in [-0.39, 0.29) is 11.3 Å². The Morgan fingerprint density at radius 2 is 2.46 bits per heavy atom. The van der Waals surface area contributed by atoms with E-state index < -0.39 is 0 Å². The molecule has 1 fully saturated rings. The zero-order valence-electron chi connectivity index (χ0n) is 7.15. The number of hydrogen-bond acceptors (Lipinski definition) is 4. The highest BCUT2D eigenvalue weighted by atomic mass is 35.5. The third-order valence-electron chi connectivity index (χ3n) is 2.16. The van der Waals surface area contributed by atoms with Crippen LogP contribution in [0.5, 0.6) is 0 Å². The average Bonchev–Trinajstić information content (AvgIpc) is 2.52. The van der Waals surface area contributed by atoms with E-state index in [1.165, 1.54) is 0 Å². The molecule has 1 saturated heterocycles. The Hall–Kier alpha value is -0.870. The van der Waals surface area contributed by atoms with Gasteiger partial charge in [-0.25, -0.2) is 9.97 Å². The fraction of sp³-hybridized carbons (Fsp3) is 0.500. The molecule has 1 aliphatic rings. The largest absolute Gasteiger partial charge is 0.355 e. The Bertz CT molecular complexity index is 304. The average molecular weight is 199 g/mol. The fourth-order valence-electron chi connectivity index (χ4n) is 1.50. The number of rotatable bonds is 1. The molecule has 0 spiro atoms. The van der Waals surface area contributed by atoms with Crippen molar-refractivity contribution >= 4 is 17.4 Å². The normalized spacial score (nSPS) is 22.3. The minimum absolute atomic E-state index is 0.258. The van der Waals surface area contributed by atoms with Gasteiger partial charge in [0.25, 0.3) is 0 Å². The highest BCUT2D eigenvalue weighted by molar-refractivity contribution is 6.28. The van der Waals surface area contributed by atoms with Crippen molar-refractivity contribution in [2.75, 3.05) is 18.0 Å². The van der Waals surface area contributed by atoms with E-state index in [0.29, 0.717) is 0 Å². The van der Waals surface area contributed by atoms with Gasteiger partial charge in [-0.3, -0.25) is 0 Å². The predicted octanol–water partition coefficient (Wildman–Crippen LogP) is 0.667. The molecular formula is C8H11ClN4. The van der Waals surface area contributed by atoms with E-state index in [1.54, 1.807) is 6.20 Å². The molecule has 0 saturated carbocycles. The molecule has 0 bridgehead atoms. The van der Waals surface area contributed by atoms with Crippen molar-refractivity contribution in [1.29, 1.82) is 0 Å². The van der Waals surface area contributed by atoms with Crippen molar-refractivity contribution in [2.24, 2.45) is 5.73 Å². The van der Waals surface area contributed by atoms with E-state index in [4.69, 9.17) is 17.3 Å². The molecule has 2 rings (SSSR count). The van der Waals surface area contributed by atoms with Gasteiger partial charge in [0.2, 0.25) is 5.28 Å². The smallest absolute Gasteiger partial charge is 0.224 e. The van der Waals surface area contributed by atoms with Gasteiger partial charge in [-0.15, -0.1) is 0 Å². The van der Waals surface area contributed by atoms with Crippen LogP contribution in [0.15, 0.2) is 12.3 Å². The van der Waals surface area contributed by atoms with E-state index in [0.717, 1.165) is 25.3 Å². The van der Waals surface area contributed by atoms with Crippen molar-refractivity contribution < 1.29 is 0 Å². The molecule has 13 heavy (non-hydrogen) atoms. The third kappa shape index (κ3) is 1.89. The Morgan fingerprint density at radius 3 is 3.08 bits per heavy atom. The first-order valence-corrected chi connectivity index (χ1v) is 4.62. The second-order valence-corrected chi connectivity index (χ2v) is 3.52. The van der Waals surface area contributed by atoms with E-state index >= 15 is 0 Å². The summed E-state index contributed by atoms with van der Waals surface area (Å²) in [6.45, 7) is 1.81. The number of aromatic nitrogens is 2. The van der Waals surface area contributed by atoms with Crippen LogP contribution in [0.1, 0.15) is 6.42 Å². The van der Waals surface area contributed by atoms with Gasteiger partial charge in [0.15, 0.2) is 0 Å². The summed E-state index contributed by atoms with van der Waals surface area (Å²) in [4.78, 5) is 10.1. The molecular weight excluding hydrogens is 188 g/mol. The zero-order valence-corrected chi connectivity index (χ0v) is 7.91. The van der Waals surface area contributed by atoms with E-state index in [2.05, 4.69) is 14.9 Å². The van der Waals surface area contributed by atoms with Gasteiger partial charge in [0.1, 0.15) is 5.82 Å². The van der Waals surface area contributed by atoms with Crippen molar-refractivity contribution in [1.82, 2.24) is 9.97 Å². The number of nitrogens with zero attached hydrogens (tertiary/aromatic N) is 3. The molecule has 1 aromatic heterocycles. The maximum atomic E-state index is 5.78. The summed E-state index contributed by atoms with van der Waals surface area (Å²) < 4.78 is 0. The van der Waals surface area contributed by atoms with Gasteiger partial charge in [-0.2, -0.15) is 0 Å². The first-order chi connectivity index (χ1) is 6.25. The van der Waals surface area contributed by atoms with Crippen LogP contribution in [0.3, 0.4) is 0 Å². The van der Waals surface area contributed by atoms with E-state index in [1.807, 2.05) is 6.07 Å². The summed E-state index contributed by atoms with van der Waals surface area (Å²) in [6.07, 6.45) is 2.68. The summed E-state index contributed by atoms with van der Waals surface area (Å²) in [6, 6.07) is 2.11. The Morgan fingerprint density at radius 1 is 1.62 bits per heavy atom. The van der Waals surface area contributed by atoms with Crippen LogP contribution in [-0.4, -0.2) is 29.1 Å². The standard InChI is InChI=1S/C8H11ClN4/c9-8-11-3-1-7(12-8)13-4-2-6(10)5-13/h1,3,6H,2,4-5,10H2/t6-/m0/s1. The van der Waals surface area contributed by atoms with Crippen LogP contribution in [0.4, 0.5) is 5.82 Å². The molecule has 1 aromatic rings. The van der Waals surface area contributed by atoms with Gasteiger partial charge in [0.05, 0.1) is 0 Å². The molecule has 0 amide bonds. The summed E-state index contributed by atoms with van der Waals surface area (Å²) in [5, 5.41) is 0.290. The number of anilines is 1. The molecule has 4 nitrogen and oxygen atoms in total.